The van der Waals surface area contributed by atoms with Crippen molar-refractivity contribution in [3.05, 3.63) is 17.5 Å². The van der Waals surface area contributed by atoms with E-state index in [0.29, 0.717) is 5.75 Å². The van der Waals surface area contributed by atoms with E-state index in [9.17, 15) is 4.21 Å². The van der Waals surface area contributed by atoms with Crippen LogP contribution in [0, 0.1) is 0 Å². The van der Waals surface area contributed by atoms with Gasteiger partial charge in [0.1, 0.15) is 0 Å². The molecule has 0 fully saturated rings. The summed E-state index contributed by atoms with van der Waals surface area (Å²) in [6.45, 7) is 0.810. The summed E-state index contributed by atoms with van der Waals surface area (Å²) in [6, 6.07) is 3.84. The third-order valence-corrected chi connectivity index (χ3v) is 3.92. The quantitative estimate of drug-likeness (QED) is 0.768. The zero-order chi connectivity index (χ0) is 8.10. The van der Waals surface area contributed by atoms with Crippen LogP contribution < -0.4 is 5.32 Å². The van der Waals surface area contributed by atoms with Crippen LogP contribution in [-0.2, 0) is 10.8 Å². The third kappa shape index (κ3) is 2.73. The van der Waals surface area contributed by atoms with E-state index in [1.807, 2.05) is 24.6 Å². The Kier molecular flexibility index (Phi) is 3.76. The minimum Gasteiger partial charge on any atom is -0.319 e. The summed E-state index contributed by atoms with van der Waals surface area (Å²) in [5.41, 5.74) is 0. The molecule has 0 saturated carbocycles. The van der Waals surface area contributed by atoms with Crippen molar-refractivity contribution in [1.29, 1.82) is 0 Å². The number of hydrogen-bond acceptors (Lipinski definition) is 3. The highest BCUT2D eigenvalue weighted by atomic mass is 32.2. The second kappa shape index (κ2) is 4.64. The zero-order valence-electron chi connectivity index (χ0n) is 6.37. The monoisotopic (exact) mass is 189 g/mol. The molecule has 1 atom stereocenters. The van der Waals surface area contributed by atoms with Gasteiger partial charge < -0.3 is 5.32 Å². The molecule has 0 bridgehead atoms. The molecule has 1 rings (SSSR count). The standard InChI is InChI=1S/C7H11NOS2/c1-8-4-6-11(9)7-3-2-5-10-7/h2-3,5,8H,4,6H2,1H3. The van der Waals surface area contributed by atoms with Crippen molar-refractivity contribution in [3.8, 4) is 0 Å². The number of hydrogen-bond donors (Lipinski definition) is 1. The zero-order valence-corrected chi connectivity index (χ0v) is 8.00. The van der Waals surface area contributed by atoms with E-state index in [0.717, 1.165) is 10.8 Å². The van der Waals surface area contributed by atoms with E-state index < -0.39 is 10.8 Å². The van der Waals surface area contributed by atoms with Gasteiger partial charge in [-0.3, -0.25) is 4.21 Å². The van der Waals surface area contributed by atoms with Gasteiger partial charge in [-0.15, -0.1) is 11.3 Å². The minimum absolute atomic E-state index is 0.705. The Balaban J connectivity index is 2.43. The highest BCUT2D eigenvalue weighted by Crippen LogP contribution is 2.13. The molecule has 11 heavy (non-hydrogen) atoms. The van der Waals surface area contributed by atoms with Crippen molar-refractivity contribution in [2.24, 2.45) is 0 Å². The van der Waals surface area contributed by atoms with Crippen LogP contribution in [0.25, 0.3) is 0 Å². The second-order valence-electron chi connectivity index (χ2n) is 2.09. The Labute approximate surface area is 73.1 Å². The summed E-state index contributed by atoms with van der Waals surface area (Å²) in [4.78, 5) is 0. The van der Waals surface area contributed by atoms with Crippen molar-refractivity contribution >= 4 is 22.1 Å². The smallest absolute Gasteiger partial charge is 0.0911 e. The van der Waals surface area contributed by atoms with E-state index in [1.54, 1.807) is 11.3 Å². The molecule has 1 aromatic rings. The number of rotatable bonds is 4. The molecule has 0 radical (unpaired) electrons. The van der Waals surface area contributed by atoms with E-state index in [-0.39, 0.29) is 0 Å². The first kappa shape index (κ1) is 8.90. The molecule has 0 aliphatic heterocycles. The summed E-state index contributed by atoms with van der Waals surface area (Å²) in [5, 5.41) is 4.92. The maximum Gasteiger partial charge on any atom is 0.0911 e. The van der Waals surface area contributed by atoms with E-state index in [2.05, 4.69) is 5.32 Å². The molecular formula is C7H11NOS2. The first-order chi connectivity index (χ1) is 5.34. The van der Waals surface area contributed by atoms with Crippen LogP contribution in [-0.4, -0.2) is 23.6 Å². The molecule has 62 valence electrons. The molecule has 0 amide bonds. The lowest BCUT2D eigenvalue weighted by atomic mass is 10.7. The fourth-order valence-corrected chi connectivity index (χ4v) is 2.80. The Morgan fingerprint density at radius 2 is 2.55 bits per heavy atom. The lowest BCUT2D eigenvalue weighted by Gasteiger charge is -1.96. The summed E-state index contributed by atoms with van der Waals surface area (Å²) >= 11 is 1.55. The van der Waals surface area contributed by atoms with Crippen LogP contribution in [0.3, 0.4) is 0 Å². The maximum atomic E-state index is 11.3. The van der Waals surface area contributed by atoms with Crippen LogP contribution in [0.1, 0.15) is 0 Å². The Morgan fingerprint density at radius 1 is 1.73 bits per heavy atom. The van der Waals surface area contributed by atoms with Crippen LogP contribution in [0.4, 0.5) is 0 Å². The molecule has 0 saturated heterocycles. The Bertz CT molecular complexity index is 220. The largest absolute Gasteiger partial charge is 0.319 e. The lowest BCUT2D eigenvalue weighted by Crippen LogP contribution is -2.14. The predicted octanol–water partition coefficient (Wildman–Crippen LogP) is 1.08. The van der Waals surface area contributed by atoms with E-state index in [4.69, 9.17) is 0 Å². The predicted molar refractivity (Wildman–Crippen MR) is 49.5 cm³/mol. The molecule has 1 unspecified atom stereocenters. The molecule has 1 heterocycles. The normalized spacial score (nSPS) is 13.2. The summed E-state index contributed by atoms with van der Waals surface area (Å²) < 4.78 is 12.3. The highest BCUT2D eigenvalue weighted by Gasteiger charge is 2.02. The van der Waals surface area contributed by atoms with Gasteiger partial charge >= 0.3 is 0 Å². The van der Waals surface area contributed by atoms with Crippen molar-refractivity contribution in [2.45, 2.75) is 4.21 Å². The highest BCUT2D eigenvalue weighted by molar-refractivity contribution is 7.87. The molecule has 4 heteroatoms. The van der Waals surface area contributed by atoms with Gasteiger partial charge in [-0.1, -0.05) is 6.07 Å². The first-order valence-corrected chi connectivity index (χ1v) is 5.61. The molecule has 0 aliphatic carbocycles. The topological polar surface area (TPSA) is 29.1 Å². The summed E-state index contributed by atoms with van der Waals surface area (Å²) in [5.74, 6) is 0.705. The Hall–Kier alpha value is -0.190. The van der Waals surface area contributed by atoms with Gasteiger partial charge in [0.05, 0.1) is 15.0 Å². The maximum absolute atomic E-state index is 11.3. The Morgan fingerprint density at radius 3 is 3.09 bits per heavy atom. The van der Waals surface area contributed by atoms with Gasteiger partial charge in [0.15, 0.2) is 0 Å². The molecule has 1 aromatic heterocycles. The van der Waals surface area contributed by atoms with Crippen LogP contribution in [0.15, 0.2) is 21.7 Å². The molecule has 1 N–H and O–H groups in total. The summed E-state index contributed by atoms with van der Waals surface area (Å²) in [6.07, 6.45) is 0. The minimum atomic E-state index is -0.796. The SMILES string of the molecule is CNCCS(=O)c1cccs1. The van der Waals surface area contributed by atoms with Gasteiger partial charge in [-0.25, -0.2) is 0 Å². The molecule has 0 aromatic carbocycles. The summed E-state index contributed by atoms with van der Waals surface area (Å²) in [7, 11) is 1.07. The van der Waals surface area contributed by atoms with Crippen LogP contribution in [0.5, 0.6) is 0 Å². The van der Waals surface area contributed by atoms with Crippen molar-refractivity contribution in [1.82, 2.24) is 5.32 Å². The van der Waals surface area contributed by atoms with Gasteiger partial charge in [0.2, 0.25) is 0 Å². The van der Waals surface area contributed by atoms with Crippen molar-refractivity contribution in [3.63, 3.8) is 0 Å². The van der Waals surface area contributed by atoms with E-state index in [1.165, 1.54) is 0 Å². The average Bonchev–Trinajstić information content (AvgIpc) is 2.52. The number of thiophene rings is 1. The number of nitrogens with one attached hydrogen (secondary N) is 1. The fourth-order valence-electron chi connectivity index (χ4n) is 0.688. The van der Waals surface area contributed by atoms with Crippen molar-refractivity contribution < 1.29 is 4.21 Å². The first-order valence-electron chi connectivity index (χ1n) is 3.41. The molecule has 2 nitrogen and oxygen atoms in total. The molecular weight excluding hydrogens is 178 g/mol. The average molecular weight is 189 g/mol. The van der Waals surface area contributed by atoms with Crippen molar-refractivity contribution in [2.75, 3.05) is 19.3 Å². The van der Waals surface area contributed by atoms with Gasteiger partial charge in [0, 0.05) is 12.3 Å². The fraction of sp³-hybridized carbons (Fsp3) is 0.429. The van der Waals surface area contributed by atoms with Crippen LogP contribution in [0.2, 0.25) is 0 Å². The van der Waals surface area contributed by atoms with Crippen LogP contribution >= 0.6 is 11.3 Å². The molecule has 0 aliphatic rings. The molecule has 0 spiro atoms. The van der Waals surface area contributed by atoms with Gasteiger partial charge in [-0.05, 0) is 18.5 Å². The van der Waals surface area contributed by atoms with Gasteiger partial charge in [0.25, 0.3) is 0 Å². The van der Waals surface area contributed by atoms with E-state index >= 15 is 0 Å². The second-order valence-corrected chi connectivity index (χ2v) is 4.83. The van der Waals surface area contributed by atoms with Gasteiger partial charge in [-0.2, -0.15) is 0 Å². The lowest BCUT2D eigenvalue weighted by molar-refractivity contribution is 0.681. The third-order valence-electron chi connectivity index (χ3n) is 1.26.